The van der Waals surface area contributed by atoms with Gasteiger partial charge in [-0.25, -0.2) is 4.79 Å². The van der Waals surface area contributed by atoms with E-state index in [2.05, 4.69) is 0 Å². The predicted molar refractivity (Wildman–Crippen MR) is 87.5 cm³/mol. The molecule has 2 aromatic carbocycles. The van der Waals surface area contributed by atoms with E-state index in [-0.39, 0.29) is 19.7 Å². The van der Waals surface area contributed by atoms with E-state index in [1.807, 2.05) is 48.5 Å². The Morgan fingerprint density at radius 2 is 1.83 bits per heavy atom. The van der Waals surface area contributed by atoms with Crippen molar-refractivity contribution >= 4 is 6.09 Å². The fourth-order valence-corrected chi connectivity index (χ4v) is 2.46. The molecule has 1 amide bonds. The molecule has 0 aliphatic rings. The molecule has 23 heavy (non-hydrogen) atoms. The van der Waals surface area contributed by atoms with E-state index < -0.39 is 6.09 Å². The van der Waals surface area contributed by atoms with Crippen LogP contribution in [0.4, 0.5) is 4.79 Å². The van der Waals surface area contributed by atoms with Gasteiger partial charge in [-0.15, -0.1) is 0 Å². The van der Waals surface area contributed by atoms with Crippen LogP contribution in [-0.4, -0.2) is 34.9 Å². The first-order valence-corrected chi connectivity index (χ1v) is 7.42. The van der Waals surface area contributed by atoms with Crippen molar-refractivity contribution in [2.75, 3.05) is 13.7 Å². The number of aliphatic hydroxyl groups excluding tert-OH is 1. The van der Waals surface area contributed by atoms with Crippen molar-refractivity contribution in [3.05, 3.63) is 65.2 Å². The van der Waals surface area contributed by atoms with Crippen molar-refractivity contribution < 1.29 is 19.7 Å². The summed E-state index contributed by atoms with van der Waals surface area (Å²) in [5, 5.41) is 18.5. The molecule has 122 valence electrons. The summed E-state index contributed by atoms with van der Waals surface area (Å²) in [7, 11) is 1.57. The number of carboxylic acid groups (broad SMARTS) is 1. The average Bonchev–Trinajstić information content (AvgIpc) is 2.55. The van der Waals surface area contributed by atoms with Gasteiger partial charge in [0.05, 0.1) is 13.7 Å². The van der Waals surface area contributed by atoms with Crippen molar-refractivity contribution in [2.24, 2.45) is 0 Å². The number of ether oxygens (including phenoxy) is 1. The maximum Gasteiger partial charge on any atom is 0.407 e. The van der Waals surface area contributed by atoms with Crippen LogP contribution in [0.25, 0.3) is 0 Å². The highest BCUT2D eigenvalue weighted by atomic mass is 16.5. The summed E-state index contributed by atoms with van der Waals surface area (Å²) in [4.78, 5) is 12.9. The zero-order valence-corrected chi connectivity index (χ0v) is 13.1. The maximum atomic E-state index is 11.6. The van der Waals surface area contributed by atoms with Gasteiger partial charge in [0.15, 0.2) is 0 Å². The van der Waals surface area contributed by atoms with Gasteiger partial charge in [0, 0.05) is 18.7 Å². The van der Waals surface area contributed by atoms with Gasteiger partial charge in [-0.2, -0.15) is 0 Å². The zero-order chi connectivity index (χ0) is 16.7. The van der Waals surface area contributed by atoms with Gasteiger partial charge < -0.3 is 14.9 Å². The van der Waals surface area contributed by atoms with E-state index in [9.17, 15) is 9.90 Å². The molecule has 0 aliphatic carbocycles. The molecule has 2 aromatic rings. The molecular weight excluding hydrogens is 294 g/mol. The topological polar surface area (TPSA) is 70.0 Å². The minimum Gasteiger partial charge on any atom is -0.496 e. The summed E-state index contributed by atoms with van der Waals surface area (Å²) in [6.45, 7) is 0.615. The number of nitrogens with zero attached hydrogens (tertiary/aromatic N) is 1. The Balaban J connectivity index is 2.16. The first kappa shape index (κ1) is 16.8. The highest BCUT2D eigenvalue weighted by Gasteiger charge is 2.15. The highest BCUT2D eigenvalue weighted by molar-refractivity contribution is 5.65. The predicted octanol–water partition coefficient (Wildman–Crippen LogP) is 2.91. The van der Waals surface area contributed by atoms with Crippen LogP contribution in [-0.2, 0) is 19.5 Å². The van der Waals surface area contributed by atoms with Gasteiger partial charge >= 0.3 is 6.09 Å². The Kier molecular flexibility index (Phi) is 6.00. The summed E-state index contributed by atoms with van der Waals surface area (Å²) in [6.07, 6.45) is -0.420. The number of hydrogen-bond acceptors (Lipinski definition) is 3. The number of hydrogen-bond donors (Lipinski definition) is 2. The lowest BCUT2D eigenvalue weighted by atomic mass is 10.1. The van der Waals surface area contributed by atoms with Gasteiger partial charge in [-0.05, 0) is 23.6 Å². The fraction of sp³-hybridized carbons (Fsp3) is 0.278. The smallest absolute Gasteiger partial charge is 0.407 e. The monoisotopic (exact) mass is 315 g/mol. The van der Waals surface area contributed by atoms with Gasteiger partial charge in [0.1, 0.15) is 5.75 Å². The highest BCUT2D eigenvalue weighted by Crippen LogP contribution is 2.20. The number of para-hydroxylation sites is 1. The minimum atomic E-state index is -0.983. The molecule has 0 aliphatic heterocycles. The van der Waals surface area contributed by atoms with Crippen LogP contribution in [0.1, 0.15) is 16.7 Å². The van der Waals surface area contributed by atoms with Crippen molar-refractivity contribution in [3.63, 3.8) is 0 Å². The molecule has 0 atom stereocenters. The third-order valence-corrected chi connectivity index (χ3v) is 3.59. The Morgan fingerprint density at radius 1 is 1.09 bits per heavy atom. The second kappa shape index (κ2) is 8.19. The summed E-state index contributed by atoms with van der Waals surface area (Å²) in [5.74, 6) is 0.674. The van der Waals surface area contributed by atoms with Crippen LogP contribution in [0.3, 0.4) is 0 Å². The Labute approximate surface area is 135 Å². The van der Waals surface area contributed by atoms with E-state index in [0.717, 1.165) is 16.7 Å². The van der Waals surface area contributed by atoms with E-state index in [1.54, 1.807) is 7.11 Å². The first-order chi connectivity index (χ1) is 11.1. The van der Waals surface area contributed by atoms with Crippen molar-refractivity contribution in [1.82, 2.24) is 4.90 Å². The third-order valence-electron chi connectivity index (χ3n) is 3.59. The number of amides is 1. The molecule has 0 unspecified atom stereocenters. The molecular formula is C18H21NO4. The van der Waals surface area contributed by atoms with Crippen molar-refractivity contribution in [3.8, 4) is 5.75 Å². The summed E-state index contributed by atoms with van der Waals surface area (Å²) >= 11 is 0. The number of rotatable bonds is 7. The lowest BCUT2D eigenvalue weighted by Crippen LogP contribution is -2.28. The molecule has 0 bridgehead atoms. The second-order valence-corrected chi connectivity index (χ2v) is 5.24. The molecule has 0 aromatic heterocycles. The van der Waals surface area contributed by atoms with Crippen molar-refractivity contribution in [1.29, 1.82) is 0 Å². The molecule has 0 fully saturated rings. The third kappa shape index (κ3) is 4.72. The number of aliphatic hydroxyl groups is 1. The van der Waals surface area contributed by atoms with Gasteiger partial charge in [-0.3, -0.25) is 4.90 Å². The van der Waals surface area contributed by atoms with E-state index >= 15 is 0 Å². The molecule has 0 spiro atoms. The normalized spacial score (nSPS) is 10.3. The fourth-order valence-electron chi connectivity index (χ4n) is 2.46. The largest absolute Gasteiger partial charge is 0.496 e. The van der Waals surface area contributed by atoms with E-state index in [0.29, 0.717) is 12.2 Å². The molecule has 5 nitrogen and oxygen atoms in total. The molecule has 2 N–H and O–H groups in total. The van der Waals surface area contributed by atoms with Crippen LogP contribution in [0, 0.1) is 0 Å². The first-order valence-electron chi connectivity index (χ1n) is 7.42. The quantitative estimate of drug-likeness (QED) is 0.824. The molecule has 0 radical (unpaired) electrons. The van der Waals surface area contributed by atoms with Gasteiger partial charge in [-0.1, -0.05) is 42.5 Å². The maximum absolute atomic E-state index is 11.6. The Bertz CT molecular complexity index is 657. The number of carbonyl (C=O) groups is 1. The molecule has 2 rings (SSSR count). The molecule has 0 heterocycles. The SMILES string of the molecule is COc1ccccc1CN(Cc1cccc(CCO)c1)C(=O)O. The van der Waals surface area contributed by atoms with Crippen LogP contribution in [0.2, 0.25) is 0 Å². The van der Waals surface area contributed by atoms with E-state index in [4.69, 9.17) is 9.84 Å². The summed E-state index contributed by atoms with van der Waals surface area (Å²) in [6, 6.07) is 15.0. The number of methoxy groups -OCH3 is 1. The summed E-state index contributed by atoms with van der Waals surface area (Å²) < 4.78 is 5.28. The van der Waals surface area contributed by atoms with Gasteiger partial charge in [0.2, 0.25) is 0 Å². The van der Waals surface area contributed by atoms with Crippen LogP contribution in [0.15, 0.2) is 48.5 Å². The van der Waals surface area contributed by atoms with Gasteiger partial charge in [0.25, 0.3) is 0 Å². The standard InChI is InChI=1S/C18H21NO4/c1-23-17-8-3-2-7-16(17)13-19(18(21)22)12-15-6-4-5-14(11-15)9-10-20/h2-8,11,20H,9-10,12-13H2,1H3,(H,21,22). The molecule has 0 saturated heterocycles. The zero-order valence-electron chi connectivity index (χ0n) is 13.1. The number of benzene rings is 2. The van der Waals surface area contributed by atoms with Crippen LogP contribution < -0.4 is 4.74 Å². The molecule has 5 heteroatoms. The Hall–Kier alpha value is -2.53. The second-order valence-electron chi connectivity index (χ2n) is 5.24. The molecule has 0 saturated carbocycles. The average molecular weight is 315 g/mol. The minimum absolute atomic E-state index is 0.0767. The van der Waals surface area contributed by atoms with E-state index in [1.165, 1.54) is 4.90 Å². The van der Waals surface area contributed by atoms with Crippen molar-refractivity contribution in [2.45, 2.75) is 19.5 Å². The lowest BCUT2D eigenvalue weighted by Gasteiger charge is -2.21. The van der Waals surface area contributed by atoms with Crippen LogP contribution >= 0.6 is 0 Å². The Morgan fingerprint density at radius 3 is 2.52 bits per heavy atom. The van der Waals surface area contributed by atoms with Crippen LogP contribution in [0.5, 0.6) is 5.75 Å². The lowest BCUT2D eigenvalue weighted by molar-refractivity contribution is 0.139. The summed E-state index contributed by atoms with van der Waals surface area (Å²) in [5.41, 5.74) is 2.71.